The van der Waals surface area contributed by atoms with Crippen LogP contribution in [0.1, 0.15) is 11.1 Å². The average Bonchev–Trinajstić information content (AvgIpc) is 2.76. The molecule has 0 N–H and O–H groups in total. The predicted octanol–water partition coefficient (Wildman–Crippen LogP) is 4.26. The summed E-state index contributed by atoms with van der Waals surface area (Å²) in [4.78, 5) is 17.2. The van der Waals surface area contributed by atoms with Gasteiger partial charge in [0.1, 0.15) is 5.58 Å². The predicted molar refractivity (Wildman–Crippen MR) is 117 cm³/mol. The van der Waals surface area contributed by atoms with E-state index in [9.17, 15) is 4.79 Å². The molecular weight excluding hydrogens is 360 g/mol. The lowest BCUT2D eigenvalue weighted by Crippen LogP contribution is -2.45. The average molecular weight is 384 g/mol. The molecule has 4 heteroatoms. The fourth-order valence-corrected chi connectivity index (χ4v) is 4.27. The first kappa shape index (κ1) is 18.1. The second-order valence-electron chi connectivity index (χ2n) is 7.79. The van der Waals surface area contributed by atoms with Crippen LogP contribution in [0.25, 0.3) is 21.7 Å². The number of benzene rings is 3. The zero-order valence-electron chi connectivity index (χ0n) is 16.4. The first-order chi connectivity index (χ1) is 14.3. The Bertz CT molecular complexity index is 1190. The number of piperazine rings is 1. The second-order valence-corrected chi connectivity index (χ2v) is 7.79. The lowest BCUT2D eigenvalue weighted by Gasteiger charge is -2.34. The molecule has 0 aliphatic carbocycles. The highest BCUT2D eigenvalue weighted by molar-refractivity contribution is 6.04. The fourth-order valence-electron chi connectivity index (χ4n) is 4.27. The quantitative estimate of drug-likeness (QED) is 0.389. The molecule has 2 heterocycles. The van der Waals surface area contributed by atoms with Gasteiger partial charge in [-0.3, -0.25) is 9.80 Å². The van der Waals surface area contributed by atoms with Gasteiger partial charge in [0, 0.05) is 56.1 Å². The van der Waals surface area contributed by atoms with Gasteiger partial charge < -0.3 is 4.42 Å². The maximum atomic E-state index is 12.3. The van der Waals surface area contributed by atoms with Crippen molar-refractivity contribution in [3.63, 3.8) is 0 Å². The summed E-state index contributed by atoms with van der Waals surface area (Å²) in [5.74, 6) is 0. The molecule has 0 atom stereocenters. The first-order valence-electron chi connectivity index (χ1n) is 10.2. The van der Waals surface area contributed by atoms with Gasteiger partial charge in [0.25, 0.3) is 0 Å². The van der Waals surface area contributed by atoms with Gasteiger partial charge >= 0.3 is 5.63 Å². The molecule has 1 saturated heterocycles. The number of nitrogens with zero attached hydrogens (tertiary/aromatic N) is 2. The minimum atomic E-state index is -0.272. The van der Waals surface area contributed by atoms with Crippen LogP contribution in [0.15, 0.2) is 82.0 Å². The largest absolute Gasteiger partial charge is 0.422 e. The van der Waals surface area contributed by atoms with Crippen LogP contribution in [0.3, 0.4) is 0 Å². The third kappa shape index (κ3) is 3.82. The molecule has 29 heavy (non-hydrogen) atoms. The molecule has 1 fully saturated rings. The lowest BCUT2D eigenvalue weighted by atomic mass is 10.0. The van der Waals surface area contributed by atoms with E-state index in [0.29, 0.717) is 5.58 Å². The Morgan fingerprint density at radius 2 is 1.41 bits per heavy atom. The third-order valence-corrected chi connectivity index (χ3v) is 5.83. The van der Waals surface area contributed by atoms with Gasteiger partial charge in [0.2, 0.25) is 0 Å². The molecule has 0 bridgehead atoms. The van der Waals surface area contributed by atoms with Crippen molar-refractivity contribution < 1.29 is 4.42 Å². The summed E-state index contributed by atoms with van der Waals surface area (Å²) in [5.41, 5.74) is 2.85. The van der Waals surface area contributed by atoms with E-state index in [-0.39, 0.29) is 5.63 Å². The van der Waals surface area contributed by atoms with E-state index in [1.807, 2.05) is 24.3 Å². The van der Waals surface area contributed by atoms with Crippen LogP contribution in [0, 0.1) is 0 Å². The number of hydrogen-bond donors (Lipinski definition) is 0. The Morgan fingerprint density at radius 1 is 0.724 bits per heavy atom. The van der Waals surface area contributed by atoms with E-state index >= 15 is 0 Å². The molecule has 1 aromatic heterocycles. The van der Waals surface area contributed by atoms with Gasteiger partial charge in [0.15, 0.2) is 0 Å². The van der Waals surface area contributed by atoms with Crippen molar-refractivity contribution in [2.75, 3.05) is 26.2 Å². The molecule has 0 spiro atoms. The molecular formula is C25H24N2O2. The summed E-state index contributed by atoms with van der Waals surface area (Å²) in [5, 5.41) is 3.13. The Hall–Kier alpha value is -2.95. The van der Waals surface area contributed by atoms with Crippen molar-refractivity contribution in [2.45, 2.75) is 13.1 Å². The number of hydrogen-bond acceptors (Lipinski definition) is 4. The van der Waals surface area contributed by atoms with E-state index in [2.05, 4.69) is 52.3 Å². The van der Waals surface area contributed by atoms with E-state index in [1.54, 1.807) is 6.07 Å². The van der Waals surface area contributed by atoms with Crippen LogP contribution in [0.4, 0.5) is 0 Å². The van der Waals surface area contributed by atoms with Gasteiger partial charge in [-0.05, 0) is 16.5 Å². The molecule has 5 rings (SSSR count). The smallest absolute Gasteiger partial charge is 0.336 e. The summed E-state index contributed by atoms with van der Waals surface area (Å²) in [6.07, 6.45) is 0. The SMILES string of the molecule is O=c1cc(CN2CCN(Cc3ccccc3)CC2)c2ccc3ccccc3c2o1. The molecule has 4 aromatic rings. The number of fused-ring (bicyclic) bond motifs is 3. The Kier molecular flexibility index (Phi) is 4.88. The topological polar surface area (TPSA) is 36.7 Å². The van der Waals surface area contributed by atoms with E-state index in [0.717, 1.165) is 61.0 Å². The van der Waals surface area contributed by atoms with Crippen molar-refractivity contribution in [1.82, 2.24) is 9.80 Å². The molecule has 146 valence electrons. The van der Waals surface area contributed by atoms with Crippen LogP contribution in [0.5, 0.6) is 0 Å². The van der Waals surface area contributed by atoms with Crippen molar-refractivity contribution in [3.8, 4) is 0 Å². The Balaban J connectivity index is 1.35. The highest BCUT2D eigenvalue weighted by Gasteiger charge is 2.19. The first-order valence-corrected chi connectivity index (χ1v) is 10.2. The van der Waals surface area contributed by atoms with Gasteiger partial charge in [-0.2, -0.15) is 0 Å². The summed E-state index contributed by atoms with van der Waals surface area (Å²) in [7, 11) is 0. The van der Waals surface area contributed by atoms with Crippen molar-refractivity contribution >= 4 is 21.7 Å². The molecule has 0 unspecified atom stereocenters. The van der Waals surface area contributed by atoms with Crippen molar-refractivity contribution in [1.29, 1.82) is 0 Å². The molecule has 0 radical (unpaired) electrons. The summed E-state index contributed by atoms with van der Waals surface area (Å²) < 4.78 is 5.61. The van der Waals surface area contributed by atoms with Crippen LogP contribution in [-0.2, 0) is 13.1 Å². The molecule has 3 aromatic carbocycles. The van der Waals surface area contributed by atoms with Crippen LogP contribution in [-0.4, -0.2) is 36.0 Å². The monoisotopic (exact) mass is 384 g/mol. The Morgan fingerprint density at radius 3 is 2.21 bits per heavy atom. The van der Waals surface area contributed by atoms with E-state index < -0.39 is 0 Å². The Labute approximate surface area is 170 Å². The van der Waals surface area contributed by atoms with Crippen molar-refractivity contribution in [2.24, 2.45) is 0 Å². The summed E-state index contributed by atoms with van der Waals surface area (Å²) >= 11 is 0. The van der Waals surface area contributed by atoms with Gasteiger partial charge in [-0.25, -0.2) is 4.79 Å². The summed E-state index contributed by atoms with van der Waals surface area (Å²) in [6, 6.07) is 24.5. The second kappa shape index (κ2) is 7.82. The molecule has 1 aliphatic heterocycles. The van der Waals surface area contributed by atoms with Gasteiger partial charge in [-0.1, -0.05) is 66.7 Å². The zero-order chi connectivity index (χ0) is 19.6. The third-order valence-electron chi connectivity index (χ3n) is 5.83. The summed E-state index contributed by atoms with van der Waals surface area (Å²) in [6.45, 7) is 5.86. The van der Waals surface area contributed by atoms with E-state index in [4.69, 9.17) is 4.42 Å². The standard InChI is InChI=1S/C25H24N2O2/c28-24-16-21(23-11-10-20-8-4-5-9-22(20)25(23)29-24)18-27-14-12-26(13-15-27)17-19-6-2-1-3-7-19/h1-11,16H,12-15,17-18H2. The van der Waals surface area contributed by atoms with Crippen molar-refractivity contribution in [3.05, 3.63) is 94.3 Å². The maximum Gasteiger partial charge on any atom is 0.336 e. The van der Waals surface area contributed by atoms with Gasteiger partial charge in [-0.15, -0.1) is 0 Å². The maximum absolute atomic E-state index is 12.3. The highest BCUT2D eigenvalue weighted by Crippen LogP contribution is 2.27. The molecule has 4 nitrogen and oxygen atoms in total. The molecule has 0 amide bonds. The molecule has 0 saturated carbocycles. The zero-order valence-corrected chi connectivity index (χ0v) is 16.4. The highest BCUT2D eigenvalue weighted by atomic mass is 16.4. The van der Waals surface area contributed by atoms with Crippen LogP contribution in [0.2, 0.25) is 0 Å². The van der Waals surface area contributed by atoms with E-state index in [1.165, 1.54) is 5.56 Å². The minimum Gasteiger partial charge on any atom is -0.422 e. The van der Waals surface area contributed by atoms with Crippen LogP contribution < -0.4 is 5.63 Å². The van der Waals surface area contributed by atoms with Crippen LogP contribution >= 0.6 is 0 Å². The molecule has 1 aliphatic rings. The minimum absolute atomic E-state index is 0.272. The number of rotatable bonds is 4. The lowest BCUT2D eigenvalue weighted by molar-refractivity contribution is 0.122. The van der Waals surface area contributed by atoms with Gasteiger partial charge in [0.05, 0.1) is 0 Å². The normalized spacial score (nSPS) is 15.9. The fraction of sp³-hybridized carbons (Fsp3) is 0.240.